The third-order valence-electron chi connectivity index (χ3n) is 2.04. The summed E-state index contributed by atoms with van der Waals surface area (Å²) in [6.07, 6.45) is -7.59. The summed E-state index contributed by atoms with van der Waals surface area (Å²) in [6, 6.07) is 4.25. The first-order valence-electron chi connectivity index (χ1n) is 4.42. The lowest BCUT2D eigenvalue weighted by atomic mass is 10.1. The highest BCUT2D eigenvalue weighted by Gasteiger charge is 2.38. The van der Waals surface area contributed by atoms with Gasteiger partial charge < -0.3 is 9.84 Å². The SMILES string of the molecule is COc1cc(Cl)ccc1CC(O)C(F)(F)F. The third kappa shape index (κ3) is 3.28. The predicted octanol–water partition coefficient (Wildman–Crippen LogP) is 2.81. The molecule has 0 aromatic heterocycles. The van der Waals surface area contributed by atoms with Crippen molar-refractivity contribution in [3.05, 3.63) is 28.8 Å². The molecule has 6 heteroatoms. The molecule has 0 amide bonds. The molecular weight excluding hydrogens is 245 g/mol. The quantitative estimate of drug-likeness (QED) is 0.899. The summed E-state index contributed by atoms with van der Waals surface area (Å²) in [5.41, 5.74) is 0.261. The van der Waals surface area contributed by atoms with Crippen molar-refractivity contribution in [3.8, 4) is 5.75 Å². The van der Waals surface area contributed by atoms with Crippen LogP contribution in [0.2, 0.25) is 5.02 Å². The minimum atomic E-state index is -4.63. The Morgan fingerprint density at radius 1 is 1.44 bits per heavy atom. The fraction of sp³-hybridized carbons (Fsp3) is 0.400. The second-order valence-electron chi connectivity index (χ2n) is 3.22. The number of methoxy groups -OCH3 is 1. The Morgan fingerprint density at radius 2 is 2.06 bits per heavy atom. The molecule has 0 saturated heterocycles. The number of rotatable bonds is 3. The number of hydrogen-bond donors (Lipinski definition) is 1. The van der Waals surface area contributed by atoms with Gasteiger partial charge >= 0.3 is 6.18 Å². The average Bonchev–Trinajstić information content (AvgIpc) is 2.19. The van der Waals surface area contributed by atoms with Crippen LogP contribution < -0.4 is 4.74 Å². The van der Waals surface area contributed by atoms with Crippen LogP contribution in [0.25, 0.3) is 0 Å². The van der Waals surface area contributed by atoms with Crippen LogP contribution in [-0.4, -0.2) is 24.5 Å². The van der Waals surface area contributed by atoms with Crippen molar-refractivity contribution < 1.29 is 23.0 Å². The molecule has 1 N–H and O–H groups in total. The van der Waals surface area contributed by atoms with Gasteiger partial charge in [-0.15, -0.1) is 0 Å². The first kappa shape index (κ1) is 13.1. The van der Waals surface area contributed by atoms with Crippen molar-refractivity contribution in [2.45, 2.75) is 18.7 Å². The molecule has 1 atom stereocenters. The summed E-state index contributed by atoms with van der Waals surface area (Å²) in [4.78, 5) is 0. The van der Waals surface area contributed by atoms with Gasteiger partial charge in [0.25, 0.3) is 0 Å². The number of ether oxygens (including phenoxy) is 1. The molecule has 0 aliphatic heterocycles. The molecule has 0 aliphatic carbocycles. The smallest absolute Gasteiger partial charge is 0.414 e. The zero-order valence-corrected chi connectivity index (χ0v) is 9.14. The van der Waals surface area contributed by atoms with Gasteiger partial charge in [-0.05, 0) is 17.7 Å². The molecule has 2 nitrogen and oxygen atoms in total. The molecule has 0 spiro atoms. The summed E-state index contributed by atoms with van der Waals surface area (Å²) in [6.45, 7) is 0. The van der Waals surface area contributed by atoms with Crippen LogP contribution in [-0.2, 0) is 6.42 Å². The number of benzene rings is 1. The molecule has 90 valence electrons. The number of aliphatic hydroxyl groups is 1. The molecule has 1 unspecified atom stereocenters. The van der Waals surface area contributed by atoms with E-state index < -0.39 is 18.7 Å². The van der Waals surface area contributed by atoms with E-state index in [1.807, 2.05) is 0 Å². The Kier molecular flexibility index (Phi) is 4.04. The van der Waals surface area contributed by atoms with Gasteiger partial charge in [0.1, 0.15) is 5.75 Å². The minimum absolute atomic E-state index is 0.232. The highest BCUT2D eigenvalue weighted by molar-refractivity contribution is 6.30. The van der Waals surface area contributed by atoms with Crippen LogP contribution >= 0.6 is 11.6 Å². The van der Waals surface area contributed by atoms with Gasteiger partial charge in [-0.2, -0.15) is 13.2 Å². The molecule has 0 aliphatic rings. The van der Waals surface area contributed by atoms with E-state index in [1.165, 1.54) is 25.3 Å². The predicted molar refractivity (Wildman–Crippen MR) is 53.8 cm³/mol. The molecule has 0 saturated carbocycles. The van der Waals surface area contributed by atoms with E-state index in [9.17, 15) is 13.2 Å². The van der Waals surface area contributed by atoms with Crippen molar-refractivity contribution >= 4 is 11.6 Å². The number of hydrogen-bond acceptors (Lipinski definition) is 2. The van der Waals surface area contributed by atoms with E-state index in [2.05, 4.69) is 0 Å². The molecule has 0 fully saturated rings. The van der Waals surface area contributed by atoms with Crippen molar-refractivity contribution in [2.24, 2.45) is 0 Å². The molecule has 0 radical (unpaired) electrons. The van der Waals surface area contributed by atoms with E-state index in [-0.39, 0.29) is 11.3 Å². The van der Waals surface area contributed by atoms with Crippen LogP contribution in [0.1, 0.15) is 5.56 Å². The summed E-state index contributed by atoms with van der Waals surface area (Å²) >= 11 is 5.66. The van der Waals surface area contributed by atoms with E-state index in [0.29, 0.717) is 5.02 Å². The average molecular weight is 255 g/mol. The molecule has 0 heterocycles. The Balaban J connectivity index is 2.89. The fourth-order valence-corrected chi connectivity index (χ4v) is 1.37. The van der Waals surface area contributed by atoms with E-state index in [1.54, 1.807) is 0 Å². The summed E-state index contributed by atoms with van der Waals surface area (Å²) < 4.78 is 41.3. The van der Waals surface area contributed by atoms with E-state index >= 15 is 0 Å². The summed E-state index contributed by atoms with van der Waals surface area (Å²) in [5, 5.41) is 9.28. The lowest BCUT2D eigenvalue weighted by Crippen LogP contribution is -2.30. The number of alkyl halides is 3. The van der Waals surface area contributed by atoms with Gasteiger partial charge in [-0.25, -0.2) is 0 Å². The van der Waals surface area contributed by atoms with Gasteiger partial charge in [-0.1, -0.05) is 17.7 Å². The molecule has 1 aromatic rings. The van der Waals surface area contributed by atoms with Gasteiger partial charge in [0, 0.05) is 11.4 Å². The van der Waals surface area contributed by atoms with Crippen molar-refractivity contribution in [1.82, 2.24) is 0 Å². The first-order chi connectivity index (χ1) is 7.34. The second-order valence-corrected chi connectivity index (χ2v) is 3.65. The third-order valence-corrected chi connectivity index (χ3v) is 2.28. The maximum atomic E-state index is 12.1. The topological polar surface area (TPSA) is 29.5 Å². The van der Waals surface area contributed by atoms with Crippen LogP contribution in [0.5, 0.6) is 5.75 Å². The highest BCUT2D eigenvalue weighted by Crippen LogP contribution is 2.28. The molecular formula is C10H10ClF3O2. The molecule has 1 rings (SSSR count). The number of halogens is 4. The lowest BCUT2D eigenvalue weighted by molar-refractivity contribution is -0.203. The zero-order valence-electron chi connectivity index (χ0n) is 8.38. The molecule has 16 heavy (non-hydrogen) atoms. The largest absolute Gasteiger partial charge is 0.496 e. The maximum Gasteiger partial charge on any atom is 0.414 e. The van der Waals surface area contributed by atoms with Crippen LogP contribution in [0.3, 0.4) is 0 Å². The van der Waals surface area contributed by atoms with Gasteiger partial charge in [0.2, 0.25) is 0 Å². The normalized spacial score (nSPS) is 13.6. The van der Waals surface area contributed by atoms with E-state index in [4.69, 9.17) is 21.4 Å². The fourth-order valence-electron chi connectivity index (χ4n) is 1.21. The Labute approximate surface area is 95.6 Å². The van der Waals surface area contributed by atoms with Crippen LogP contribution in [0, 0.1) is 0 Å². The van der Waals surface area contributed by atoms with E-state index in [0.717, 1.165) is 0 Å². The zero-order chi connectivity index (χ0) is 12.3. The minimum Gasteiger partial charge on any atom is -0.496 e. The van der Waals surface area contributed by atoms with Crippen molar-refractivity contribution in [3.63, 3.8) is 0 Å². The van der Waals surface area contributed by atoms with Gasteiger partial charge in [0.05, 0.1) is 7.11 Å². The Hall–Kier alpha value is -0.940. The molecule has 0 bridgehead atoms. The summed E-state index contributed by atoms with van der Waals surface area (Å²) in [5.74, 6) is 0.232. The second kappa shape index (κ2) is 4.93. The Morgan fingerprint density at radius 3 is 2.56 bits per heavy atom. The van der Waals surface area contributed by atoms with Gasteiger partial charge in [-0.3, -0.25) is 0 Å². The maximum absolute atomic E-state index is 12.1. The standard InChI is InChI=1S/C10H10ClF3O2/c1-16-8-5-7(11)3-2-6(8)4-9(15)10(12,13)14/h2-3,5,9,15H,4H2,1H3. The monoisotopic (exact) mass is 254 g/mol. The lowest BCUT2D eigenvalue weighted by Gasteiger charge is -2.16. The van der Waals surface area contributed by atoms with Crippen molar-refractivity contribution in [1.29, 1.82) is 0 Å². The van der Waals surface area contributed by atoms with Gasteiger partial charge in [0.15, 0.2) is 6.10 Å². The first-order valence-corrected chi connectivity index (χ1v) is 4.79. The van der Waals surface area contributed by atoms with Crippen LogP contribution in [0.15, 0.2) is 18.2 Å². The van der Waals surface area contributed by atoms with Crippen LogP contribution in [0.4, 0.5) is 13.2 Å². The number of aliphatic hydroxyl groups excluding tert-OH is 1. The summed E-state index contributed by atoms with van der Waals surface area (Å²) in [7, 11) is 1.33. The highest BCUT2D eigenvalue weighted by atomic mass is 35.5. The Bertz CT molecular complexity index is 366. The van der Waals surface area contributed by atoms with Crippen molar-refractivity contribution in [2.75, 3.05) is 7.11 Å². The molecule has 1 aromatic carbocycles.